The van der Waals surface area contributed by atoms with Gasteiger partial charge in [0.1, 0.15) is 0 Å². The third-order valence-corrected chi connectivity index (χ3v) is 3.20. The standard InChI is InChI=1S/C16H9F6N/c17-15(18,19)13-3-1-2-10(9-13)11-4-5-14(16(20,21)22)12(8-11)6-7-23/h1-5,8-9H,6H2. The molecule has 0 amide bonds. The molecule has 0 radical (unpaired) electrons. The van der Waals surface area contributed by atoms with Crippen molar-refractivity contribution in [1.29, 1.82) is 5.26 Å². The smallest absolute Gasteiger partial charge is 0.198 e. The van der Waals surface area contributed by atoms with E-state index in [1.54, 1.807) is 6.07 Å². The van der Waals surface area contributed by atoms with Gasteiger partial charge in [-0.05, 0) is 41.0 Å². The van der Waals surface area contributed by atoms with E-state index in [1.165, 1.54) is 12.1 Å². The number of hydrogen-bond donors (Lipinski definition) is 0. The number of halogens is 6. The second-order valence-electron chi connectivity index (χ2n) is 4.78. The fraction of sp³-hybridized carbons (Fsp3) is 0.188. The summed E-state index contributed by atoms with van der Waals surface area (Å²) in [6.45, 7) is 0. The quantitative estimate of drug-likeness (QED) is 0.671. The molecule has 2 rings (SSSR count). The minimum Gasteiger partial charge on any atom is -0.198 e. The molecule has 0 unspecified atom stereocenters. The van der Waals surface area contributed by atoms with Gasteiger partial charge in [0.25, 0.3) is 0 Å². The van der Waals surface area contributed by atoms with Crippen LogP contribution in [0, 0.1) is 11.3 Å². The minimum atomic E-state index is -4.63. The van der Waals surface area contributed by atoms with E-state index in [0.717, 1.165) is 30.3 Å². The van der Waals surface area contributed by atoms with Crippen molar-refractivity contribution in [3.8, 4) is 17.2 Å². The van der Waals surface area contributed by atoms with E-state index in [2.05, 4.69) is 0 Å². The van der Waals surface area contributed by atoms with Gasteiger partial charge in [0.05, 0.1) is 23.6 Å². The highest BCUT2D eigenvalue weighted by atomic mass is 19.4. The zero-order valence-corrected chi connectivity index (χ0v) is 11.5. The van der Waals surface area contributed by atoms with Crippen molar-refractivity contribution in [3.63, 3.8) is 0 Å². The molecule has 0 spiro atoms. The summed E-state index contributed by atoms with van der Waals surface area (Å²) in [7, 11) is 0. The third kappa shape index (κ3) is 3.83. The highest BCUT2D eigenvalue weighted by Crippen LogP contribution is 2.36. The molecule has 0 atom stereocenters. The van der Waals surface area contributed by atoms with Crippen molar-refractivity contribution in [1.82, 2.24) is 0 Å². The number of nitriles is 1. The lowest BCUT2D eigenvalue weighted by Gasteiger charge is -2.14. The summed E-state index contributed by atoms with van der Waals surface area (Å²) >= 11 is 0. The fourth-order valence-corrected chi connectivity index (χ4v) is 2.16. The summed E-state index contributed by atoms with van der Waals surface area (Å²) in [6.07, 6.45) is -9.66. The lowest BCUT2D eigenvalue weighted by Crippen LogP contribution is -2.09. The third-order valence-electron chi connectivity index (χ3n) is 3.20. The molecular formula is C16H9F6N. The van der Waals surface area contributed by atoms with Crippen molar-refractivity contribution in [2.45, 2.75) is 18.8 Å². The molecular weight excluding hydrogens is 320 g/mol. The largest absolute Gasteiger partial charge is 0.416 e. The van der Waals surface area contributed by atoms with Crippen molar-refractivity contribution in [2.24, 2.45) is 0 Å². The average molecular weight is 329 g/mol. The summed E-state index contributed by atoms with van der Waals surface area (Å²) in [5.41, 5.74) is -1.80. The molecule has 0 heterocycles. The van der Waals surface area contributed by atoms with Crippen molar-refractivity contribution >= 4 is 0 Å². The minimum absolute atomic E-state index is 0.132. The van der Waals surface area contributed by atoms with E-state index in [-0.39, 0.29) is 16.7 Å². The van der Waals surface area contributed by atoms with Crippen molar-refractivity contribution in [3.05, 3.63) is 59.2 Å². The molecule has 0 bridgehead atoms. The molecule has 0 aliphatic heterocycles. The number of hydrogen-bond acceptors (Lipinski definition) is 1. The Kier molecular flexibility index (Phi) is 4.37. The Morgan fingerprint density at radius 3 is 2.04 bits per heavy atom. The van der Waals surface area contributed by atoms with Crippen LogP contribution in [0.4, 0.5) is 26.3 Å². The van der Waals surface area contributed by atoms with Crippen molar-refractivity contribution < 1.29 is 26.3 Å². The monoisotopic (exact) mass is 329 g/mol. The van der Waals surface area contributed by atoms with Crippen LogP contribution in [0.2, 0.25) is 0 Å². The highest BCUT2D eigenvalue weighted by Gasteiger charge is 2.33. The molecule has 0 saturated carbocycles. The van der Waals surface area contributed by atoms with Gasteiger partial charge in [-0.1, -0.05) is 18.2 Å². The fourth-order valence-electron chi connectivity index (χ4n) is 2.16. The maximum Gasteiger partial charge on any atom is 0.416 e. The van der Waals surface area contributed by atoms with E-state index in [9.17, 15) is 26.3 Å². The van der Waals surface area contributed by atoms with Gasteiger partial charge in [0, 0.05) is 0 Å². The van der Waals surface area contributed by atoms with Crippen LogP contribution in [0.5, 0.6) is 0 Å². The zero-order chi connectivity index (χ0) is 17.3. The molecule has 0 saturated heterocycles. The van der Waals surface area contributed by atoms with Gasteiger partial charge >= 0.3 is 12.4 Å². The van der Waals surface area contributed by atoms with E-state index >= 15 is 0 Å². The van der Waals surface area contributed by atoms with Crippen LogP contribution in [-0.2, 0) is 18.8 Å². The molecule has 0 N–H and O–H groups in total. The Balaban J connectivity index is 2.54. The first kappa shape index (κ1) is 16.9. The van der Waals surface area contributed by atoms with E-state index in [0.29, 0.717) is 0 Å². The number of nitrogens with zero attached hydrogens (tertiary/aromatic N) is 1. The van der Waals surface area contributed by atoms with Gasteiger partial charge in [-0.15, -0.1) is 0 Å². The maximum atomic E-state index is 12.9. The molecule has 0 aliphatic carbocycles. The predicted molar refractivity (Wildman–Crippen MR) is 71.2 cm³/mol. The van der Waals surface area contributed by atoms with Gasteiger partial charge < -0.3 is 0 Å². The zero-order valence-electron chi connectivity index (χ0n) is 11.5. The van der Waals surface area contributed by atoms with Crippen LogP contribution in [0.15, 0.2) is 42.5 Å². The number of alkyl halides is 6. The van der Waals surface area contributed by atoms with Crippen LogP contribution < -0.4 is 0 Å². The van der Waals surface area contributed by atoms with Crippen LogP contribution >= 0.6 is 0 Å². The average Bonchev–Trinajstić information content (AvgIpc) is 2.45. The van der Waals surface area contributed by atoms with Gasteiger partial charge in [-0.25, -0.2) is 0 Å². The second-order valence-corrected chi connectivity index (χ2v) is 4.78. The van der Waals surface area contributed by atoms with E-state index in [1.807, 2.05) is 0 Å². The Morgan fingerprint density at radius 2 is 1.48 bits per heavy atom. The Labute approximate surface area is 127 Å². The second kappa shape index (κ2) is 5.95. The van der Waals surface area contributed by atoms with E-state index < -0.39 is 29.9 Å². The summed E-state index contributed by atoms with van der Waals surface area (Å²) < 4.78 is 76.7. The maximum absolute atomic E-state index is 12.9. The SMILES string of the molecule is N#CCc1cc(-c2cccc(C(F)(F)F)c2)ccc1C(F)(F)F. The van der Waals surface area contributed by atoms with Crippen LogP contribution in [0.3, 0.4) is 0 Å². The molecule has 7 heteroatoms. The lowest BCUT2D eigenvalue weighted by atomic mass is 9.96. The van der Waals surface area contributed by atoms with Crippen molar-refractivity contribution in [2.75, 3.05) is 0 Å². The highest BCUT2D eigenvalue weighted by molar-refractivity contribution is 5.66. The lowest BCUT2D eigenvalue weighted by molar-refractivity contribution is -0.138. The topological polar surface area (TPSA) is 23.8 Å². The van der Waals surface area contributed by atoms with Gasteiger partial charge in [-0.3, -0.25) is 0 Å². The molecule has 1 nitrogen and oxygen atoms in total. The normalized spacial score (nSPS) is 12.0. The molecule has 2 aromatic rings. The predicted octanol–water partition coefficient (Wildman–Crippen LogP) is 5.46. The van der Waals surface area contributed by atoms with Gasteiger partial charge in [-0.2, -0.15) is 31.6 Å². The van der Waals surface area contributed by atoms with Crippen LogP contribution in [0.25, 0.3) is 11.1 Å². The molecule has 0 aliphatic rings. The number of rotatable bonds is 2. The van der Waals surface area contributed by atoms with Crippen LogP contribution in [0.1, 0.15) is 16.7 Å². The Morgan fingerprint density at radius 1 is 0.826 bits per heavy atom. The van der Waals surface area contributed by atoms with Gasteiger partial charge in [0.15, 0.2) is 0 Å². The van der Waals surface area contributed by atoms with E-state index in [4.69, 9.17) is 5.26 Å². The molecule has 2 aromatic carbocycles. The number of benzene rings is 2. The Hall–Kier alpha value is -2.49. The molecule has 120 valence electrons. The van der Waals surface area contributed by atoms with Gasteiger partial charge in [0.2, 0.25) is 0 Å². The first-order chi connectivity index (χ1) is 10.6. The first-order valence-corrected chi connectivity index (χ1v) is 6.37. The summed E-state index contributed by atoms with van der Waals surface area (Å²) in [4.78, 5) is 0. The summed E-state index contributed by atoms with van der Waals surface area (Å²) in [5, 5.41) is 8.66. The molecule has 23 heavy (non-hydrogen) atoms. The Bertz CT molecular complexity index is 752. The van der Waals surface area contributed by atoms with Crippen LogP contribution in [-0.4, -0.2) is 0 Å². The first-order valence-electron chi connectivity index (χ1n) is 6.37. The summed E-state index contributed by atoms with van der Waals surface area (Å²) in [6, 6.07) is 8.89. The summed E-state index contributed by atoms with van der Waals surface area (Å²) in [5.74, 6) is 0. The molecule has 0 fully saturated rings. The molecule has 0 aromatic heterocycles.